The summed E-state index contributed by atoms with van der Waals surface area (Å²) in [6.07, 6.45) is 6.21. The molecule has 27 heavy (non-hydrogen) atoms. The molecule has 1 atom stereocenters. The molecule has 5 nitrogen and oxygen atoms in total. The first-order valence-electron chi connectivity index (χ1n) is 9.29. The van der Waals surface area contributed by atoms with Crippen molar-refractivity contribution in [2.45, 2.75) is 57.6 Å². The van der Waals surface area contributed by atoms with Crippen LogP contribution in [0.5, 0.6) is 0 Å². The number of ether oxygens (including phenoxy) is 1. The third-order valence-corrected chi connectivity index (χ3v) is 6.07. The van der Waals surface area contributed by atoms with Gasteiger partial charge in [0, 0.05) is 12.7 Å². The highest BCUT2D eigenvalue weighted by molar-refractivity contribution is 6.42. The Morgan fingerprint density at radius 1 is 1.15 bits per heavy atom. The van der Waals surface area contributed by atoms with Crippen LogP contribution in [0.1, 0.15) is 57.1 Å². The monoisotopic (exact) mass is 410 g/mol. The molecule has 3 rings (SSSR count). The van der Waals surface area contributed by atoms with Gasteiger partial charge in [-0.25, -0.2) is 9.59 Å². The zero-order valence-electron chi connectivity index (χ0n) is 15.6. The number of esters is 1. The molecule has 1 aliphatic heterocycles. The Balaban J connectivity index is 1.92. The van der Waals surface area contributed by atoms with Crippen molar-refractivity contribution in [1.29, 1.82) is 0 Å². The minimum absolute atomic E-state index is 0.0716. The number of hydrogen-bond donors (Lipinski definition) is 1. The molecule has 1 fully saturated rings. The summed E-state index contributed by atoms with van der Waals surface area (Å²) in [6.45, 7) is 1.76. The molecule has 0 spiro atoms. The third kappa shape index (κ3) is 4.41. The highest BCUT2D eigenvalue weighted by atomic mass is 35.5. The number of allylic oxidation sites excluding steroid dienone is 1. The van der Waals surface area contributed by atoms with E-state index in [-0.39, 0.29) is 18.1 Å². The Kier molecular flexibility index (Phi) is 6.33. The van der Waals surface area contributed by atoms with E-state index in [1.54, 1.807) is 32.2 Å². The van der Waals surface area contributed by atoms with Gasteiger partial charge in [-0.1, -0.05) is 42.1 Å². The van der Waals surface area contributed by atoms with E-state index >= 15 is 0 Å². The first-order valence-corrected chi connectivity index (χ1v) is 10.0. The van der Waals surface area contributed by atoms with Crippen molar-refractivity contribution in [3.63, 3.8) is 0 Å². The summed E-state index contributed by atoms with van der Waals surface area (Å²) < 4.78 is 5.84. The predicted octanol–water partition coefficient (Wildman–Crippen LogP) is 5.23. The molecule has 2 amide bonds. The zero-order chi connectivity index (χ0) is 19.6. The van der Waals surface area contributed by atoms with E-state index in [1.807, 2.05) is 0 Å². The van der Waals surface area contributed by atoms with Crippen LogP contribution in [0.4, 0.5) is 4.79 Å². The molecule has 1 aliphatic carbocycles. The number of benzene rings is 1. The maximum atomic E-state index is 13.1. The van der Waals surface area contributed by atoms with Crippen molar-refractivity contribution in [1.82, 2.24) is 10.2 Å². The van der Waals surface area contributed by atoms with Gasteiger partial charge >= 0.3 is 12.0 Å². The average molecular weight is 411 g/mol. The Morgan fingerprint density at radius 3 is 2.44 bits per heavy atom. The maximum absolute atomic E-state index is 13.1. The Labute approximate surface area is 169 Å². The largest absolute Gasteiger partial charge is 0.459 e. The summed E-state index contributed by atoms with van der Waals surface area (Å²) in [5.74, 6) is -0.387. The van der Waals surface area contributed by atoms with Gasteiger partial charge in [0.1, 0.15) is 6.10 Å². The molecule has 0 aromatic heterocycles. The fourth-order valence-electron chi connectivity index (χ4n) is 3.62. The van der Waals surface area contributed by atoms with Crippen LogP contribution in [-0.2, 0) is 9.53 Å². The molecular formula is C20H24Cl2N2O3. The molecule has 1 N–H and O–H groups in total. The van der Waals surface area contributed by atoms with Crippen molar-refractivity contribution in [2.75, 3.05) is 7.05 Å². The van der Waals surface area contributed by atoms with Crippen LogP contribution >= 0.6 is 23.2 Å². The molecular weight excluding hydrogens is 387 g/mol. The molecule has 146 valence electrons. The lowest BCUT2D eigenvalue weighted by molar-refractivity contribution is -0.145. The van der Waals surface area contributed by atoms with E-state index in [9.17, 15) is 9.59 Å². The van der Waals surface area contributed by atoms with Gasteiger partial charge in [0.25, 0.3) is 0 Å². The van der Waals surface area contributed by atoms with Crippen LogP contribution in [0.3, 0.4) is 0 Å². The number of urea groups is 1. The molecule has 0 saturated heterocycles. The summed E-state index contributed by atoms with van der Waals surface area (Å²) >= 11 is 12.2. The van der Waals surface area contributed by atoms with Gasteiger partial charge in [0.15, 0.2) is 0 Å². The smallest absolute Gasteiger partial charge is 0.338 e. The van der Waals surface area contributed by atoms with E-state index < -0.39 is 6.04 Å². The number of rotatable bonds is 3. The number of carbonyl (C=O) groups is 2. The van der Waals surface area contributed by atoms with Gasteiger partial charge in [0.05, 0.1) is 21.7 Å². The lowest BCUT2D eigenvalue weighted by atomic mass is 9.95. The molecule has 2 aliphatic rings. The second-order valence-electron chi connectivity index (χ2n) is 7.13. The van der Waals surface area contributed by atoms with E-state index in [2.05, 4.69) is 5.32 Å². The molecule has 0 unspecified atom stereocenters. The van der Waals surface area contributed by atoms with Gasteiger partial charge in [-0.05, 0) is 50.3 Å². The van der Waals surface area contributed by atoms with E-state index in [1.165, 1.54) is 17.7 Å². The summed E-state index contributed by atoms with van der Waals surface area (Å²) in [4.78, 5) is 26.8. The van der Waals surface area contributed by atoms with Gasteiger partial charge in [0.2, 0.25) is 0 Å². The number of carbonyl (C=O) groups excluding carboxylic acids is 2. The van der Waals surface area contributed by atoms with Crippen molar-refractivity contribution in [2.24, 2.45) is 0 Å². The molecule has 1 heterocycles. The van der Waals surface area contributed by atoms with Crippen LogP contribution in [-0.4, -0.2) is 30.1 Å². The van der Waals surface area contributed by atoms with Gasteiger partial charge < -0.3 is 15.0 Å². The van der Waals surface area contributed by atoms with E-state index in [0.29, 0.717) is 26.9 Å². The first kappa shape index (κ1) is 20.0. The standard InChI is InChI=1S/C20H24Cl2N2O3/c1-12-17(19(25)27-14-7-5-3-4-6-8-14)18(23-20(26)24(12)2)13-9-10-15(21)16(22)11-13/h9-11,14,18H,3-8H2,1-2H3,(H,23,26)/t18-/m1/s1. The molecule has 1 aromatic rings. The Bertz CT molecular complexity index is 770. The summed E-state index contributed by atoms with van der Waals surface area (Å²) in [5, 5.41) is 3.66. The zero-order valence-corrected chi connectivity index (χ0v) is 17.1. The summed E-state index contributed by atoms with van der Waals surface area (Å²) in [6, 6.07) is 4.19. The van der Waals surface area contributed by atoms with Gasteiger partial charge in [-0.2, -0.15) is 0 Å². The number of nitrogens with zero attached hydrogens (tertiary/aromatic N) is 1. The quantitative estimate of drug-likeness (QED) is 0.547. The minimum atomic E-state index is -0.623. The van der Waals surface area contributed by atoms with Crippen molar-refractivity contribution < 1.29 is 14.3 Å². The minimum Gasteiger partial charge on any atom is -0.459 e. The molecule has 1 aromatic carbocycles. The summed E-state index contributed by atoms with van der Waals surface area (Å²) in [7, 11) is 1.63. The number of hydrogen-bond acceptors (Lipinski definition) is 3. The fraction of sp³-hybridized carbons (Fsp3) is 0.500. The predicted molar refractivity (Wildman–Crippen MR) is 106 cm³/mol. The molecule has 0 radical (unpaired) electrons. The molecule has 1 saturated carbocycles. The summed E-state index contributed by atoms with van der Waals surface area (Å²) in [5.41, 5.74) is 1.70. The first-order chi connectivity index (χ1) is 12.9. The maximum Gasteiger partial charge on any atom is 0.338 e. The highest BCUT2D eigenvalue weighted by Gasteiger charge is 2.36. The highest BCUT2D eigenvalue weighted by Crippen LogP contribution is 2.34. The van der Waals surface area contributed by atoms with E-state index in [0.717, 1.165) is 25.7 Å². The van der Waals surface area contributed by atoms with Crippen LogP contribution in [0.25, 0.3) is 0 Å². The van der Waals surface area contributed by atoms with Crippen LogP contribution in [0.15, 0.2) is 29.5 Å². The third-order valence-electron chi connectivity index (χ3n) is 5.33. The fourth-order valence-corrected chi connectivity index (χ4v) is 3.92. The number of nitrogens with one attached hydrogen (secondary N) is 1. The van der Waals surface area contributed by atoms with Gasteiger partial charge in [-0.3, -0.25) is 0 Å². The van der Waals surface area contributed by atoms with Crippen molar-refractivity contribution in [3.8, 4) is 0 Å². The second-order valence-corrected chi connectivity index (χ2v) is 7.95. The van der Waals surface area contributed by atoms with Crippen LogP contribution < -0.4 is 5.32 Å². The topological polar surface area (TPSA) is 58.6 Å². The normalized spacial score (nSPS) is 21.7. The Hall–Kier alpha value is -1.72. The van der Waals surface area contributed by atoms with Crippen molar-refractivity contribution in [3.05, 3.63) is 45.1 Å². The van der Waals surface area contributed by atoms with Crippen molar-refractivity contribution >= 4 is 35.2 Å². The van der Waals surface area contributed by atoms with Gasteiger partial charge in [-0.15, -0.1) is 0 Å². The number of amides is 2. The van der Waals surface area contributed by atoms with E-state index in [4.69, 9.17) is 27.9 Å². The number of halogens is 2. The molecule has 0 bridgehead atoms. The van der Waals surface area contributed by atoms with Crippen LogP contribution in [0, 0.1) is 0 Å². The SMILES string of the molecule is CC1=C(C(=O)OC2CCCCCC2)[C@@H](c2ccc(Cl)c(Cl)c2)NC(=O)N1C. The lowest BCUT2D eigenvalue weighted by Crippen LogP contribution is -2.46. The Morgan fingerprint density at radius 2 is 1.81 bits per heavy atom. The van der Waals surface area contributed by atoms with Crippen LogP contribution in [0.2, 0.25) is 10.0 Å². The lowest BCUT2D eigenvalue weighted by Gasteiger charge is -2.34. The average Bonchev–Trinajstić information content (AvgIpc) is 2.90. The second kappa shape index (κ2) is 8.53. The molecule has 7 heteroatoms.